The summed E-state index contributed by atoms with van der Waals surface area (Å²) in [6.45, 7) is 0. The smallest absolute Gasteiger partial charge is 0.163 e. The summed E-state index contributed by atoms with van der Waals surface area (Å²) in [5.74, 6) is 0.144. The minimum atomic E-state index is 0.144. The number of rotatable bonds is 4. The Morgan fingerprint density at radius 3 is 2.62 bits per heavy atom. The summed E-state index contributed by atoms with van der Waals surface area (Å²) in [4.78, 5) is 16.7. The van der Waals surface area contributed by atoms with Crippen molar-refractivity contribution in [3.05, 3.63) is 71.9 Å². The molecule has 0 spiro atoms. The van der Waals surface area contributed by atoms with Crippen LogP contribution in [0.2, 0.25) is 0 Å². The van der Waals surface area contributed by atoms with E-state index in [-0.39, 0.29) is 5.78 Å². The van der Waals surface area contributed by atoms with Crippen LogP contribution in [0.3, 0.4) is 0 Å². The van der Waals surface area contributed by atoms with Gasteiger partial charge in [0.25, 0.3) is 0 Å². The average molecular weight is 276 g/mol. The number of aromatic nitrogens is 1. The summed E-state index contributed by atoms with van der Waals surface area (Å²) in [5.41, 5.74) is 9.13. The molecule has 104 valence electrons. The fourth-order valence-corrected chi connectivity index (χ4v) is 2.42. The SMILES string of the molecule is Nc1ccc(CCC(=O)c2cccc3ncccc23)cc1. The monoisotopic (exact) mass is 276 g/mol. The van der Waals surface area contributed by atoms with Crippen molar-refractivity contribution in [2.45, 2.75) is 12.8 Å². The van der Waals surface area contributed by atoms with Gasteiger partial charge in [0.05, 0.1) is 5.52 Å². The summed E-state index contributed by atoms with van der Waals surface area (Å²) < 4.78 is 0. The number of carbonyl (C=O) groups excluding carboxylic acids is 1. The third kappa shape index (κ3) is 2.92. The molecule has 21 heavy (non-hydrogen) atoms. The number of benzene rings is 2. The standard InChI is InChI=1S/C18H16N2O/c19-14-9-6-13(7-10-14)8-11-18(21)16-3-1-5-17-15(16)4-2-12-20-17/h1-7,9-10,12H,8,11,19H2. The van der Waals surface area contributed by atoms with Crippen LogP contribution in [0.25, 0.3) is 10.9 Å². The number of pyridine rings is 1. The van der Waals surface area contributed by atoms with Crippen molar-refractivity contribution in [2.75, 3.05) is 5.73 Å². The van der Waals surface area contributed by atoms with Crippen molar-refractivity contribution in [2.24, 2.45) is 0 Å². The van der Waals surface area contributed by atoms with E-state index in [0.717, 1.165) is 34.1 Å². The minimum Gasteiger partial charge on any atom is -0.399 e. The quantitative estimate of drug-likeness (QED) is 0.584. The van der Waals surface area contributed by atoms with Gasteiger partial charge in [0.15, 0.2) is 5.78 Å². The molecule has 0 saturated heterocycles. The number of ketones is 1. The maximum Gasteiger partial charge on any atom is 0.163 e. The Balaban J connectivity index is 1.79. The molecule has 3 heteroatoms. The van der Waals surface area contributed by atoms with Crippen LogP contribution in [-0.4, -0.2) is 10.8 Å². The average Bonchev–Trinajstić information content (AvgIpc) is 2.53. The summed E-state index contributed by atoms with van der Waals surface area (Å²) in [6.07, 6.45) is 2.94. The molecule has 3 nitrogen and oxygen atoms in total. The second-order valence-corrected chi connectivity index (χ2v) is 5.04. The molecule has 0 amide bonds. The molecule has 0 unspecified atom stereocenters. The van der Waals surface area contributed by atoms with Gasteiger partial charge in [-0.3, -0.25) is 9.78 Å². The molecule has 1 aromatic heterocycles. The van der Waals surface area contributed by atoms with Crippen LogP contribution in [0.1, 0.15) is 22.3 Å². The van der Waals surface area contributed by atoms with E-state index in [4.69, 9.17) is 5.73 Å². The van der Waals surface area contributed by atoms with Crippen LogP contribution in [0.4, 0.5) is 5.69 Å². The molecule has 0 saturated carbocycles. The van der Waals surface area contributed by atoms with Crippen LogP contribution in [0, 0.1) is 0 Å². The molecule has 0 aliphatic carbocycles. The van der Waals surface area contributed by atoms with Gasteiger partial charge in [-0.25, -0.2) is 0 Å². The van der Waals surface area contributed by atoms with Crippen molar-refractivity contribution in [1.29, 1.82) is 0 Å². The molecule has 0 radical (unpaired) electrons. The molecule has 0 fully saturated rings. The lowest BCUT2D eigenvalue weighted by Gasteiger charge is -2.05. The third-order valence-electron chi connectivity index (χ3n) is 3.57. The van der Waals surface area contributed by atoms with Gasteiger partial charge in [-0.2, -0.15) is 0 Å². The highest BCUT2D eigenvalue weighted by Gasteiger charge is 2.10. The van der Waals surface area contributed by atoms with Gasteiger partial charge in [0.1, 0.15) is 0 Å². The van der Waals surface area contributed by atoms with Gasteiger partial charge in [-0.05, 0) is 36.2 Å². The van der Waals surface area contributed by atoms with E-state index in [1.54, 1.807) is 6.20 Å². The Morgan fingerprint density at radius 1 is 1.00 bits per heavy atom. The summed E-state index contributed by atoms with van der Waals surface area (Å²) in [6, 6.07) is 17.1. The number of carbonyl (C=O) groups is 1. The second-order valence-electron chi connectivity index (χ2n) is 5.04. The van der Waals surface area contributed by atoms with Gasteiger partial charge in [-0.1, -0.05) is 30.3 Å². The second kappa shape index (κ2) is 5.75. The lowest BCUT2D eigenvalue weighted by atomic mass is 9.99. The van der Waals surface area contributed by atoms with Crippen LogP contribution in [0.5, 0.6) is 0 Å². The van der Waals surface area contributed by atoms with Crippen LogP contribution in [-0.2, 0) is 6.42 Å². The maximum atomic E-state index is 12.4. The predicted molar refractivity (Wildman–Crippen MR) is 85.2 cm³/mol. The highest BCUT2D eigenvalue weighted by molar-refractivity contribution is 6.07. The summed E-state index contributed by atoms with van der Waals surface area (Å²) in [5, 5.41) is 0.919. The summed E-state index contributed by atoms with van der Waals surface area (Å²) in [7, 11) is 0. The number of Topliss-reactive ketones (excluding diaryl/α,β-unsaturated/α-hetero) is 1. The number of anilines is 1. The van der Waals surface area contributed by atoms with E-state index in [9.17, 15) is 4.79 Å². The third-order valence-corrected chi connectivity index (χ3v) is 3.57. The molecule has 0 bridgehead atoms. The van der Waals surface area contributed by atoms with Gasteiger partial charge in [0, 0.05) is 29.3 Å². The van der Waals surface area contributed by atoms with Gasteiger partial charge in [-0.15, -0.1) is 0 Å². The summed E-state index contributed by atoms with van der Waals surface area (Å²) >= 11 is 0. The molecule has 0 aliphatic rings. The van der Waals surface area contributed by atoms with Crippen LogP contribution < -0.4 is 5.73 Å². The molecule has 3 aromatic rings. The van der Waals surface area contributed by atoms with Crippen molar-refractivity contribution in [3.8, 4) is 0 Å². The number of hydrogen-bond donors (Lipinski definition) is 1. The van der Waals surface area contributed by atoms with Crippen molar-refractivity contribution < 1.29 is 4.79 Å². The fourth-order valence-electron chi connectivity index (χ4n) is 2.42. The van der Waals surface area contributed by atoms with Crippen LogP contribution >= 0.6 is 0 Å². The van der Waals surface area contributed by atoms with Gasteiger partial charge < -0.3 is 5.73 Å². The molecule has 2 aromatic carbocycles. The fraction of sp³-hybridized carbons (Fsp3) is 0.111. The topological polar surface area (TPSA) is 56.0 Å². The minimum absolute atomic E-state index is 0.144. The van der Waals surface area contributed by atoms with E-state index in [2.05, 4.69) is 4.98 Å². The first kappa shape index (κ1) is 13.3. The Kier molecular flexibility index (Phi) is 3.65. The molecule has 0 atom stereocenters. The molecule has 0 aliphatic heterocycles. The number of hydrogen-bond acceptors (Lipinski definition) is 3. The first-order valence-corrected chi connectivity index (χ1v) is 6.95. The zero-order chi connectivity index (χ0) is 14.7. The number of nitrogens with zero attached hydrogens (tertiary/aromatic N) is 1. The predicted octanol–water partition coefficient (Wildman–Crippen LogP) is 3.63. The number of aryl methyl sites for hydroxylation is 1. The number of nitrogen functional groups attached to an aromatic ring is 1. The lowest BCUT2D eigenvalue weighted by Crippen LogP contribution is -2.02. The number of fused-ring (bicyclic) bond motifs is 1. The Bertz CT molecular complexity index is 773. The number of nitrogens with two attached hydrogens (primary N) is 1. The normalized spacial score (nSPS) is 10.7. The molecule has 3 rings (SSSR count). The van der Waals surface area contributed by atoms with Crippen molar-refractivity contribution >= 4 is 22.4 Å². The lowest BCUT2D eigenvalue weighted by molar-refractivity contribution is 0.0984. The van der Waals surface area contributed by atoms with Crippen LogP contribution in [0.15, 0.2) is 60.8 Å². The van der Waals surface area contributed by atoms with E-state index in [1.165, 1.54) is 0 Å². The molecule has 1 heterocycles. The zero-order valence-corrected chi connectivity index (χ0v) is 11.6. The highest BCUT2D eigenvalue weighted by Crippen LogP contribution is 2.19. The first-order chi connectivity index (χ1) is 10.2. The van der Waals surface area contributed by atoms with Crippen molar-refractivity contribution in [1.82, 2.24) is 4.98 Å². The molecular weight excluding hydrogens is 260 g/mol. The van der Waals surface area contributed by atoms with E-state index < -0.39 is 0 Å². The Hall–Kier alpha value is -2.68. The zero-order valence-electron chi connectivity index (χ0n) is 11.6. The largest absolute Gasteiger partial charge is 0.399 e. The highest BCUT2D eigenvalue weighted by atomic mass is 16.1. The van der Waals surface area contributed by atoms with E-state index >= 15 is 0 Å². The first-order valence-electron chi connectivity index (χ1n) is 6.95. The maximum absolute atomic E-state index is 12.4. The Labute approximate surface area is 123 Å². The molecule has 2 N–H and O–H groups in total. The van der Waals surface area contributed by atoms with E-state index in [0.29, 0.717) is 6.42 Å². The van der Waals surface area contributed by atoms with Gasteiger partial charge >= 0.3 is 0 Å². The van der Waals surface area contributed by atoms with Crippen molar-refractivity contribution in [3.63, 3.8) is 0 Å². The Morgan fingerprint density at radius 2 is 1.81 bits per heavy atom. The van der Waals surface area contributed by atoms with Gasteiger partial charge in [0.2, 0.25) is 0 Å². The van der Waals surface area contributed by atoms with E-state index in [1.807, 2.05) is 54.6 Å². The molecular formula is C18H16N2O.